The molecule has 0 aliphatic carbocycles. The average molecular weight is 386 g/mol. The first-order valence-corrected chi connectivity index (χ1v) is 8.91. The van der Waals surface area contributed by atoms with Gasteiger partial charge in [-0.3, -0.25) is 0 Å². The number of unbranched alkanes of at least 4 members (excludes halogenated alkanes) is 1. The van der Waals surface area contributed by atoms with Gasteiger partial charge < -0.3 is 20.3 Å². The lowest BCUT2D eigenvalue weighted by atomic mass is 10.1. The summed E-state index contributed by atoms with van der Waals surface area (Å²) in [5.41, 5.74) is 1.10. The van der Waals surface area contributed by atoms with E-state index in [-0.39, 0.29) is 0 Å². The summed E-state index contributed by atoms with van der Waals surface area (Å²) < 4.78 is 5.84. The third-order valence-corrected chi connectivity index (χ3v) is 3.74. The fourth-order valence-electron chi connectivity index (χ4n) is 1.91. The Morgan fingerprint density at radius 3 is 2.50 bits per heavy atom. The number of ether oxygens (including phenoxy) is 1. The van der Waals surface area contributed by atoms with E-state index in [1.807, 2.05) is 24.3 Å². The van der Waals surface area contributed by atoms with Gasteiger partial charge in [0.25, 0.3) is 0 Å². The molecule has 0 saturated heterocycles. The lowest BCUT2D eigenvalue weighted by Crippen LogP contribution is -2.26. The Morgan fingerprint density at radius 2 is 1.96 bits per heavy atom. The number of hydrogen-bond donors (Lipinski definition) is 3. The number of benzene rings is 1. The van der Waals surface area contributed by atoms with Gasteiger partial charge in [0.2, 0.25) is 0 Å². The highest BCUT2D eigenvalue weighted by Gasteiger charge is 2.04. The predicted molar refractivity (Wildman–Crippen MR) is 103 cm³/mol. The van der Waals surface area contributed by atoms with Crippen molar-refractivity contribution in [2.24, 2.45) is 0 Å². The van der Waals surface area contributed by atoms with Crippen LogP contribution in [0.2, 0.25) is 5.02 Å². The largest absolute Gasteiger partial charge is 0.493 e. The third-order valence-electron chi connectivity index (χ3n) is 3.50. The molecule has 146 valence electrons. The van der Waals surface area contributed by atoms with E-state index in [1.165, 1.54) is 6.42 Å². The maximum Gasteiger partial charge on any atom is 0.414 e. The Balaban J connectivity index is 0.000000896. The number of halogens is 1. The van der Waals surface area contributed by atoms with Crippen LogP contribution in [-0.4, -0.2) is 41.3 Å². The van der Waals surface area contributed by atoms with Gasteiger partial charge in [0, 0.05) is 11.1 Å². The molecule has 6 nitrogen and oxygen atoms in total. The van der Waals surface area contributed by atoms with E-state index in [0.717, 1.165) is 48.7 Å². The molecule has 0 aliphatic rings. The molecule has 1 aromatic rings. The smallest absolute Gasteiger partial charge is 0.414 e. The second-order valence-electron chi connectivity index (χ2n) is 5.67. The molecule has 0 saturated carbocycles. The van der Waals surface area contributed by atoms with Crippen LogP contribution < -0.4 is 10.1 Å². The van der Waals surface area contributed by atoms with Crippen LogP contribution in [0.4, 0.5) is 0 Å². The lowest BCUT2D eigenvalue weighted by molar-refractivity contribution is -0.159. The van der Waals surface area contributed by atoms with Crippen molar-refractivity contribution in [3.8, 4) is 5.75 Å². The molecule has 1 atom stereocenters. The van der Waals surface area contributed by atoms with Crippen LogP contribution >= 0.6 is 11.6 Å². The van der Waals surface area contributed by atoms with Crippen LogP contribution in [0.25, 0.3) is 0 Å². The van der Waals surface area contributed by atoms with Crippen molar-refractivity contribution >= 4 is 23.5 Å². The molecular weight excluding hydrogens is 358 g/mol. The van der Waals surface area contributed by atoms with Crippen LogP contribution in [0, 0.1) is 0 Å². The van der Waals surface area contributed by atoms with Gasteiger partial charge in [-0.1, -0.05) is 24.6 Å². The van der Waals surface area contributed by atoms with E-state index in [4.69, 9.17) is 36.1 Å². The minimum atomic E-state index is -1.82. The molecule has 1 aromatic carbocycles. The average Bonchev–Trinajstić information content (AvgIpc) is 2.60. The van der Waals surface area contributed by atoms with Gasteiger partial charge in [-0.25, -0.2) is 9.59 Å². The molecule has 0 amide bonds. The fraction of sp³-hybridized carbons (Fsp3) is 0.474. The Hall–Kier alpha value is -2.05. The summed E-state index contributed by atoms with van der Waals surface area (Å²) in [6.07, 6.45) is 6.01. The summed E-state index contributed by atoms with van der Waals surface area (Å²) >= 11 is 6.00. The van der Waals surface area contributed by atoms with E-state index >= 15 is 0 Å². The molecule has 0 heterocycles. The van der Waals surface area contributed by atoms with Crippen molar-refractivity contribution in [1.29, 1.82) is 0 Å². The van der Waals surface area contributed by atoms with Crippen LogP contribution in [0.1, 0.15) is 38.7 Å². The summed E-state index contributed by atoms with van der Waals surface area (Å²) in [5.74, 6) is -2.73. The first-order chi connectivity index (χ1) is 12.3. The minimum Gasteiger partial charge on any atom is -0.493 e. The number of allylic oxidation sites excluding steroid dienone is 1. The molecule has 0 aliphatic heterocycles. The zero-order valence-electron chi connectivity index (χ0n) is 15.3. The number of carboxylic acids is 2. The Labute approximate surface area is 159 Å². The fourth-order valence-corrected chi connectivity index (χ4v) is 2.10. The highest BCUT2D eigenvalue weighted by molar-refractivity contribution is 6.30. The first-order valence-electron chi connectivity index (χ1n) is 8.53. The van der Waals surface area contributed by atoms with Gasteiger partial charge in [-0.05, 0) is 62.9 Å². The normalized spacial score (nSPS) is 11.0. The Bertz CT molecular complexity index is 565. The van der Waals surface area contributed by atoms with Crippen LogP contribution in [0.15, 0.2) is 30.9 Å². The van der Waals surface area contributed by atoms with Gasteiger partial charge in [-0.2, -0.15) is 0 Å². The van der Waals surface area contributed by atoms with Crippen molar-refractivity contribution in [1.82, 2.24) is 5.32 Å². The van der Waals surface area contributed by atoms with Crippen molar-refractivity contribution in [3.05, 3.63) is 41.4 Å². The van der Waals surface area contributed by atoms with Crippen molar-refractivity contribution in [2.45, 2.75) is 45.6 Å². The van der Waals surface area contributed by atoms with Gasteiger partial charge >= 0.3 is 11.9 Å². The molecule has 26 heavy (non-hydrogen) atoms. The van der Waals surface area contributed by atoms with Crippen molar-refractivity contribution in [2.75, 3.05) is 13.2 Å². The number of carbonyl (C=O) groups is 2. The van der Waals surface area contributed by atoms with Crippen LogP contribution in [0.5, 0.6) is 5.75 Å². The monoisotopic (exact) mass is 385 g/mol. The maximum atomic E-state index is 9.10. The number of aliphatic carboxylic acids is 2. The Kier molecular flexibility index (Phi) is 13.0. The second kappa shape index (κ2) is 14.2. The zero-order valence-corrected chi connectivity index (χ0v) is 16.1. The van der Waals surface area contributed by atoms with Crippen molar-refractivity contribution < 1.29 is 24.5 Å². The lowest BCUT2D eigenvalue weighted by Gasteiger charge is -2.12. The molecular formula is C19H28ClNO5. The van der Waals surface area contributed by atoms with Gasteiger partial charge in [0.15, 0.2) is 0 Å². The van der Waals surface area contributed by atoms with E-state index < -0.39 is 11.9 Å². The first kappa shape index (κ1) is 23.9. The predicted octanol–water partition coefficient (Wildman–Crippen LogP) is 3.77. The molecule has 0 fully saturated rings. The second-order valence-corrected chi connectivity index (χ2v) is 6.11. The van der Waals surface area contributed by atoms with E-state index in [9.17, 15) is 0 Å². The number of carboxylic acid groups (broad SMARTS) is 2. The third kappa shape index (κ3) is 11.5. The number of rotatable bonds is 10. The molecule has 0 radical (unpaired) electrons. The molecule has 0 aromatic heterocycles. The SMILES string of the molecule is C=CCc1cc(Cl)ccc1OCCCCNC(C)CC.O=C(O)C(=O)O. The van der Waals surface area contributed by atoms with Crippen LogP contribution in [-0.2, 0) is 16.0 Å². The van der Waals surface area contributed by atoms with Crippen molar-refractivity contribution in [3.63, 3.8) is 0 Å². The maximum absolute atomic E-state index is 9.10. The van der Waals surface area contributed by atoms with E-state index in [1.54, 1.807) is 0 Å². The molecule has 0 spiro atoms. The number of hydrogen-bond acceptors (Lipinski definition) is 4. The zero-order chi connectivity index (χ0) is 19.9. The van der Waals surface area contributed by atoms with Crippen LogP contribution in [0.3, 0.4) is 0 Å². The summed E-state index contributed by atoms with van der Waals surface area (Å²) in [7, 11) is 0. The molecule has 3 N–H and O–H groups in total. The summed E-state index contributed by atoms with van der Waals surface area (Å²) in [4.78, 5) is 18.2. The van der Waals surface area contributed by atoms with Gasteiger partial charge in [0.1, 0.15) is 5.75 Å². The highest BCUT2D eigenvalue weighted by Crippen LogP contribution is 2.23. The van der Waals surface area contributed by atoms with Gasteiger partial charge in [-0.15, -0.1) is 6.58 Å². The Morgan fingerprint density at radius 1 is 1.31 bits per heavy atom. The highest BCUT2D eigenvalue weighted by atomic mass is 35.5. The number of nitrogens with one attached hydrogen (secondary N) is 1. The topological polar surface area (TPSA) is 95.9 Å². The molecule has 7 heteroatoms. The van der Waals surface area contributed by atoms with E-state index in [0.29, 0.717) is 6.04 Å². The molecule has 0 bridgehead atoms. The minimum absolute atomic E-state index is 0.603. The molecule has 1 unspecified atom stereocenters. The summed E-state index contributed by atoms with van der Waals surface area (Å²) in [5, 5.41) is 19.0. The standard InChI is InChI=1S/C17H26ClNO.C2H2O4/c1-4-8-15-13-16(18)9-10-17(15)20-12-7-6-11-19-14(3)5-2;3-1(4)2(5)6/h4,9-10,13-14,19H,1,5-8,11-12H2,2-3H3;(H,3,4)(H,5,6). The summed E-state index contributed by atoms with van der Waals surface area (Å²) in [6.45, 7) is 9.97. The van der Waals surface area contributed by atoms with E-state index in [2.05, 4.69) is 25.7 Å². The molecule has 1 rings (SSSR count). The van der Waals surface area contributed by atoms with Gasteiger partial charge in [0.05, 0.1) is 6.61 Å². The summed E-state index contributed by atoms with van der Waals surface area (Å²) in [6, 6.07) is 6.36. The quantitative estimate of drug-likeness (QED) is 0.322.